The molecule has 7 nitrogen and oxygen atoms in total. The summed E-state index contributed by atoms with van der Waals surface area (Å²) >= 11 is 0. The summed E-state index contributed by atoms with van der Waals surface area (Å²) in [5.74, 6) is 0.380. The number of aromatic nitrogens is 1. The van der Waals surface area contributed by atoms with Crippen molar-refractivity contribution in [2.75, 3.05) is 32.0 Å². The van der Waals surface area contributed by atoms with Gasteiger partial charge in [0.2, 0.25) is 0 Å². The summed E-state index contributed by atoms with van der Waals surface area (Å²) in [7, 11) is 0. The van der Waals surface area contributed by atoms with Crippen LogP contribution in [0, 0.1) is 0 Å². The van der Waals surface area contributed by atoms with Gasteiger partial charge in [0.25, 0.3) is 0 Å². The summed E-state index contributed by atoms with van der Waals surface area (Å²) in [4.78, 5) is 6.60. The molecule has 0 amide bonds. The summed E-state index contributed by atoms with van der Waals surface area (Å²) in [6.07, 6.45) is 3.84. The Morgan fingerprint density at radius 1 is 1.21 bits per heavy atom. The number of nitrogens with zero attached hydrogens (tertiary/aromatic N) is 2. The van der Waals surface area contributed by atoms with Crippen molar-refractivity contribution in [1.29, 1.82) is 0 Å². The molecule has 1 fully saturated rings. The van der Waals surface area contributed by atoms with E-state index in [1.165, 1.54) is 18.6 Å². The van der Waals surface area contributed by atoms with E-state index in [1.54, 1.807) is 6.07 Å². The van der Waals surface area contributed by atoms with Gasteiger partial charge in [0.05, 0.1) is 12.7 Å². The number of phenolic OH excluding ortho intramolecular Hbond substituents is 2. The normalized spacial score (nSPS) is 19.7. The van der Waals surface area contributed by atoms with E-state index in [0.717, 1.165) is 30.8 Å². The number of anilines is 1. The molecule has 28 heavy (non-hydrogen) atoms. The van der Waals surface area contributed by atoms with E-state index in [4.69, 9.17) is 26.4 Å². The van der Waals surface area contributed by atoms with Gasteiger partial charge in [-0.25, -0.2) is 4.98 Å². The number of benzene rings is 1. The number of pyridine rings is 1. The Bertz CT molecular complexity index is 724. The van der Waals surface area contributed by atoms with Crippen LogP contribution in [0.1, 0.15) is 37.5 Å². The summed E-state index contributed by atoms with van der Waals surface area (Å²) in [5, 5.41) is 18.0. The molecule has 2 atom stereocenters. The fraction of sp³-hybridized carbons (Fsp3) is 0.476. The second kappa shape index (κ2) is 10.8. The van der Waals surface area contributed by atoms with Gasteiger partial charge < -0.3 is 26.4 Å². The number of aromatic hydroxyl groups is 2. The van der Waals surface area contributed by atoms with Crippen molar-refractivity contribution < 1.29 is 14.9 Å². The predicted molar refractivity (Wildman–Crippen MR) is 111 cm³/mol. The van der Waals surface area contributed by atoms with Crippen LogP contribution >= 0.6 is 0 Å². The number of nitrogen functional groups attached to an aromatic ring is 1. The van der Waals surface area contributed by atoms with Crippen LogP contribution in [0.3, 0.4) is 0 Å². The Hall–Kier alpha value is -2.35. The quantitative estimate of drug-likeness (QED) is 0.581. The standard InChI is InChI=1S/C13H21N3O.C8H11NO2/c1-3-6-16-8-12(17-9-10(16)2)11-4-5-13(14)15-7-11;9-4-3-6-1-2-7(10)8(11)5-6/h4-5,7,10,12H,3,6,8-9H2,1-2H3,(H2,14,15);1-2,5,10-11H,3-4,9H2/t10-,12-;/m0./s1. The Kier molecular flexibility index (Phi) is 8.50. The Morgan fingerprint density at radius 2 is 2.00 bits per heavy atom. The zero-order chi connectivity index (χ0) is 20.5. The van der Waals surface area contributed by atoms with Gasteiger partial charge in [-0.2, -0.15) is 0 Å². The Labute approximate surface area is 166 Å². The summed E-state index contributed by atoms with van der Waals surface area (Å²) in [6.45, 7) is 7.83. The second-order valence-electron chi connectivity index (χ2n) is 7.04. The maximum Gasteiger partial charge on any atom is 0.157 e. The van der Waals surface area contributed by atoms with Crippen LogP contribution in [0.4, 0.5) is 5.82 Å². The number of nitrogens with two attached hydrogens (primary N) is 2. The highest BCUT2D eigenvalue weighted by atomic mass is 16.5. The number of morpholine rings is 1. The SMILES string of the molecule is CCCN1C[C@@H](c2ccc(N)nc2)OC[C@@H]1C.NCCc1ccc(O)c(O)c1. The average Bonchev–Trinajstić information content (AvgIpc) is 2.68. The van der Waals surface area contributed by atoms with E-state index in [-0.39, 0.29) is 17.6 Å². The highest BCUT2D eigenvalue weighted by Gasteiger charge is 2.26. The summed E-state index contributed by atoms with van der Waals surface area (Å²) in [6, 6.07) is 9.06. The van der Waals surface area contributed by atoms with E-state index < -0.39 is 0 Å². The number of rotatable bonds is 5. The van der Waals surface area contributed by atoms with Crippen LogP contribution in [0.5, 0.6) is 11.5 Å². The molecule has 0 bridgehead atoms. The maximum atomic E-state index is 9.04. The van der Waals surface area contributed by atoms with Crippen LogP contribution < -0.4 is 11.5 Å². The minimum absolute atomic E-state index is 0.0871. The molecule has 1 aliphatic rings. The van der Waals surface area contributed by atoms with Crippen molar-refractivity contribution in [3.05, 3.63) is 47.7 Å². The third kappa shape index (κ3) is 6.37. The Morgan fingerprint density at radius 3 is 2.61 bits per heavy atom. The fourth-order valence-electron chi connectivity index (χ4n) is 3.11. The van der Waals surface area contributed by atoms with Crippen molar-refractivity contribution in [2.45, 2.75) is 38.8 Å². The lowest BCUT2D eigenvalue weighted by Gasteiger charge is -2.38. The first-order valence-electron chi connectivity index (χ1n) is 9.72. The molecule has 7 heteroatoms. The number of hydrogen-bond acceptors (Lipinski definition) is 7. The molecular weight excluding hydrogens is 356 g/mol. The van der Waals surface area contributed by atoms with E-state index in [2.05, 4.69) is 23.7 Å². The average molecular weight is 389 g/mol. The Balaban J connectivity index is 0.000000221. The van der Waals surface area contributed by atoms with Crippen molar-refractivity contribution >= 4 is 5.82 Å². The van der Waals surface area contributed by atoms with Crippen LogP contribution in [-0.4, -0.2) is 52.4 Å². The van der Waals surface area contributed by atoms with Crippen molar-refractivity contribution in [2.24, 2.45) is 5.73 Å². The number of phenols is 2. The first-order valence-corrected chi connectivity index (χ1v) is 9.72. The van der Waals surface area contributed by atoms with Crippen LogP contribution in [0.25, 0.3) is 0 Å². The van der Waals surface area contributed by atoms with Crippen molar-refractivity contribution in [1.82, 2.24) is 9.88 Å². The molecule has 1 aromatic carbocycles. The third-order valence-corrected chi connectivity index (χ3v) is 4.73. The lowest BCUT2D eigenvalue weighted by molar-refractivity contribution is -0.0599. The second-order valence-corrected chi connectivity index (χ2v) is 7.04. The minimum atomic E-state index is -0.0919. The molecular formula is C21H32N4O3. The highest BCUT2D eigenvalue weighted by molar-refractivity contribution is 5.40. The van der Waals surface area contributed by atoms with E-state index in [1.807, 2.05) is 18.3 Å². The predicted octanol–water partition coefficient (Wildman–Crippen LogP) is 2.43. The highest BCUT2D eigenvalue weighted by Crippen LogP contribution is 2.25. The van der Waals surface area contributed by atoms with Gasteiger partial charge >= 0.3 is 0 Å². The topological polar surface area (TPSA) is 118 Å². The van der Waals surface area contributed by atoms with Gasteiger partial charge in [0.1, 0.15) is 5.82 Å². The fourth-order valence-corrected chi connectivity index (χ4v) is 3.11. The van der Waals surface area contributed by atoms with Gasteiger partial charge in [-0.15, -0.1) is 0 Å². The molecule has 0 spiro atoms. The molecule has 0 radical (unpaired) electrons. The molecule has 0 saturated carbocycles. The molecule has 1 saturated heterocycles. The van der Waals surface area contributed by atoms with E-state index in [0.29, 0.717) is 24.8 Å². The molecule has 1 aromatic heterocycles. The smallest absolute Gasteiger partial charge is 0.157 e. The summed E-state index contributed by atoms with van der Waals surface area (Å²) in [5.41, 5.74) is 12.9. The van der Waals surface area contributed by atoms with Crippen LogP contribution in [-0.2, 0) is 11.2 Å². The molecule has 0 unspecified atom stereocenters. The first kappa shape index (κ1) is 21.9. The molecule has 154 valence electrons. The molecule has 6 N–H and O–H groups in total. The van der Waals surface area contributed by atoms with E-state index >= 15 is 0 Å². The van der Waals surface area contributed by atoms with Crippen LogP contribution in [0.15, 0.2) is 36.5 Å². The van der Waals surface area contributed by atoms with Gasteiger partial charge in [0.15, 0.2) is 11.5 Å². The zero-order valence-electron chi connectivity index (χ0n) is 16.7. The molecule has 1 aliphatic heterocycles. The van der Waals surface area contributed by atoms with E-state index in [9.17, 15) is 0 Å². The monoisotopic (exact) mass is 388 g/mol. The van der Waals surface area contributed by atoms with Gasteiger partial charge in [0, 0.05) is 24.3 Å². The van der Waals surface area contributed by atoms with Crippen molar-refractivity contribution in [3.63, 3.8) is 0 Å². The zero-order valence-corrected chi connectivity index (χ0v) is 16.7. The molecule has 2 aromatic rings. The molecule has 2 heterocycles. The third-order valence-electron chi connectivity index (χ3n) is 4.73. The molecule has 3 rings (SSSR count). The first-order chi connectivity index (χ1) is 13.4. The minimum Gasteiger partial charge on any atom is -0.504 e. The van der Waals surface area contributed by atoms with Gasteiger partial charge in [-0.3, -0.25) is 4.90 Å². The molecule has 0 aliphatic carbocycles. The lowest BCUT2D eigenvalue weighted by atomic mass is 10.1. The lowest BCUT2D eigenvalue weighted by Crippen LogP contribution is -2.45. The number of ether oxygens (including phenoxy) is 1. The van der Waals surface area contributed by atoms with Crippen molar-refractivity contribution in [3.8, 4) is 11.5 Å². The maximum absolute atomic E-state index is 9.04. The van der Waals surface area contributed by atoms with Gasteiger partial charge in [-0.1, -0.05) is 19.1 Å². The van der Waals surface area contributed by atoms with Crippen LogP contribution in [0.2, 0.25) is 0 Å². The number of hydrogen-bond donors (Lipinski definition) is 4. The summed E-state index contributed by atoms with van der Waals surface area (Å²) < 4.78 is 5.87. The largest absolute Gasteiger partial charge is 0.504 e. The van der Waals surface area contributed by atoms with Gasteiger partial charge in [-0.05, 0) is 56.6 Å².